The molecule has 0 fully saturated rings. The fourth-order valence-corrected chi connectivity index (χ4v) is 3.29. The van der Waals surface area contributed by atoms with Gasteiger partial charge in [0.2, 0.25) is 0 Å². The smallest absolute Gasteiger partial charge is 0.336 e. The van der Waals surface area contributed by atoms with Crippen LogP contribution in [0.5, 0.6) is 0 Å². The molecule has 0 aliphatic rings. The van der Waals surface area contributed by atoms with Gasteiger partial charge in [0.15, 0.2) is 0 Å². The number of benzene rings is 1. The lowest BCUT2D eigenvalue weighted by atomic mass is 10.2. The SMILES string of the molecule is Cc1cncc(NS(=O)(=O)c2ccc(I)c(C(=O)O)c2)c1. The van der Waals surface area contributed by atoms with Crippen molar-refractivity contribution in [2.45, 2.75) is 11.8 Å². The summed E-state index contributed by atoms with van der Waals surface area (Å²) < 4.78 is 27.4. The van der Waals surface area contributed by atoms with E-state index in [1.54, 1.807) is 19.2 Å². The van der Waals surface area contributed by atoms with Crippen LogP contribution in [0, 0.1) is 10.5 Å². The van der Waals surface area contributed by atoms with Crippen LogP contribution in [0.15, 0.2) is 41.6 Å². The third-order valence-corrected chi connectivity index (χ3v) is 4.93. The van der Waals surface area contributed by atoms with Crippen molar-refractivity contribution in [3.05, 3.63) is 51.4 Å². The van der Waals surface area contributed by atoms with Gasteiger partial charge in [0.25, 0.3) is 10.0 Å². The molecule has 1 heterocycles. The molecular weight excluding hydrogens is 407 g/mol. The molecule has 6 nitrogen and oxygen atoms in total. The molecule has 1 aromatic heterocycles. The molecule has 0 bridgehead atoms. The molecule has 110 valence electrons. The zero-order valence-electron chi connectivity index (χ0n) is 10.9. The second kappa shape index (κ2) is 5.98. The number of hydrogen-bond acceptors (Lipinski definition) is 4. The van der Waals surface area contributed by atoms with Crippen LogP contribution in [0.2, 0.25) is 0 Å². The van der Waals surface area contributed by atoms with Gasteiger partial charge in [-0.3, -0.25) is 9.71 Å². The number of pyridine rings is 1. The Hall–Kier alpha value is -1.68. The molecule has 0 radical (unpaired) electrons. The molecule has 0 aliphatic carbocycles. The fraction of sp³-hybridized carbons (Fsp3) is 0.0769. The Morgan fingerprint density at radius 2 is 2.00 bits per heavy atom. The number of carbonyl (C=O) groups is 1. The summed E-state index contributed by atoms with van der Waals surface area (Å²) in [5, 5.41) is 9.05. The van der Waals surface area contributed by atoms with E-state index < -0.39 is 16.0 Å². The number of halogens is 1. The average Bonchev–Trinajstić information content (AvgIpc) is 2.38. The molecule has 1 aromatic carbocycles. The van der Waals surface area contributed by atoms with Gasteiger partial charge < -0.3 is 5.11 Å². The van der Waals surface area contributed by atoms with Crippen molar-refractivity contribution in [1.82, 2.24) is 4.98 Å². The molecule has 2 aromatic rings. The van der Waals surface area contributed by atoms with Crippen LogP contribution >= 0.6 is 22.6 Å². The van der Waals surface area contributed by atoms with Gasteiger partial charge in [0, 0.05) is 9.77 Å². The first-order valence-electron chi connectivity index (χ1n) is 5.77. The van der Waals surface area contributed by atoms with Gasteiger partial charge in [-0.05, 0) is 59.3 Å². The van der Waals surface area contributed by atoms with Crippen molar-refractivity contribution in [2.24, 2.45) is 0 Å². The highest BCUT2D eigenvalue weighted by atomic mass is 127. The van der Waals surface area contributed by atoms with Crippen LogP contribution in [0.1, 0.15) is 15.9 Å². The second-order valence-corrected chi connectivity index (χ2v) is 7.15. The van der Waals surface area contributed by atoms with E-state index in [0.717, 1.165) is 11.6 Å². The number of sulfonamides is 1. The molecule has 0 saturated carbocycles. The molecule has 21 heavy (non-hydrogen) atoms. The maximum Gasteiger partial charge on any atom is 0.336 e. The van der Waals surface area contributed by atoms with E-state index in [0.29, 0.717) is 9.26 Å². The Kier molecular flexibility index (Phi) is 4.47. The summed E-state index contributed by atoms with van der Waals surface area (Å²) in [6.45, 7) is 1.79. The molecule has 0 atom stereocenters. The van der Waals surface area contributed by atoms with E-state index in [-0.39, 0.29) is 10.5 Å². The standard InChI is InChI=1S/C13H11IN2O4S/c1-8-4-9(7-15-6-8)16-21(19,20)10-2-3-12(14)11(5-10)13(17)18/h2-7,16H,1H3,(H,17,18). The topological polar surface area (TPSA) is 96.4 Å². The predicted molar refractivity (Wildman–Crippen MR) is 85.9 cm³/mol. The largest absolute Gasteiger partial charge is 0.478 e. The lowest BCUT2D eigenvalue weighted by Crippen LogP contribution is -2.14. The van der Waals surface area contributed by atoms with E-state index >= 15 is 0 Å². The molecule has 0 spiro atoms. The van der Waals surface area contributed by atoms with Gasteiger partial charge in [-0.15, -0.1) is 0 Å². The van der Waals surface area contributed by atoms with Crippen LogP contribution in [0.4, 0.5) is 5.69 Å². The average molecular weight is 418 g/mol. The molecule has 0 saturated heterocycles. The minimum Gasteiger partial charge on any atom is -0.478 e. The fourth-order valence-electron chi connectivity index (χ4n) is 1.66. The van der Waals surface area contributed by atoms with Crippen LogP contribution in [0.3, 0.4) is 0 Å². The number of aryl methyl sites for hydroxylation is 1. The Labute approximate surface area is 135 Å². The quantitative estimate of drug-likeness (QED) is 0.744. The molecule has 8 heteroatoms. The minimum absolute atomic E-state index is 0.0548. The maximum atomic E-state index is 12.3. The summed E-state index contributed by atoms with van der Waals surface area (Å²) in [6, 6.07) is 5.58. The summed E-state index contributed by atoms with van der Waals surface area (Å²) >= 11 is 1.84. The summed E-state index contributed by atoms with van der Waals surface area (Å²) in [7, 11) is -3.86. The van der Waals surface area contributed by atoms with E-state index in [4.69, 9.17) is 5.11 Å². The number of nitrogens with one attached hydrogen (secondary N) is 1. The van der Waals surface area contributed by atoms with Crippen LogP contribution in [-0.2, 0) is 10.0 Å². The van der Waals surface area contributed by atoms with Gasteiger partial charge in [-0.1, -0.05) is 0 Å². The Morgan fingerprint density at radius 1 is 1.29 bits per heavy atom. The summed E-state index contributed by atoms with van der Waals surface area (Å²) in [5.41, 5.74) is 1.08. The Morgan fingerprint density at radius 3 is 2.62 bits per heavy atom. The summed E-state index contributed by atoms with van der Waals surface area (Å²) in [4.78, 5) is 14.9. The van der Waals surface area contributed by atoms with E-state index in [1.807, 2.05) is 22.6 Å². The second-order valence-electron chi connectivity index (χ2n) is 4.30. The first-order valence-corrected chi connectivity index (χ1v) is 8.33. The number of carboxylic acid groups (broad SMARTS) is 1. The minimum atomic E-state index is -3.86. The number of anilines is 1. The van der Waals surface area contributed by atoms with Crippen molar-refractivity contribution < 1.29 is 18.3 Å². The van der Waals surface area contributed by atoms with Gasteiger partial charge >= 0.3 is 5.97 Å². The lowest BCUT2D eigenvalue weighted by Gasteiger charge is -2.09. The third-order valence-electron chi connectivity index (χ3n) is 2.61. The van der Waals surface area contributed by atoms with Gasteiger partial charge in [-0.2, -0.15) is 0 Å². The molecule has 2 rings (SSSR count). The monoisotopic (exact) mass is 418 g/mol. The van der Waals surface area contributed by atoms with Crippen molar-refractivity contribution in [1.29, 1.82) is 0 Å². The number of hydrogen-bond donors (Lipinski definition) is 2. The number of aromatic carboxylic acids is 1. The van der Waals surface area contributed by atoms with E-state index in [9.17, 15) is 13.2 Å². The van der Waals surface area contributed by atoms with Crippen molar-refractivity contribution in [3.8, 4) is 0 Å². The molecule has 2 N–H and O–H groups in total. The summed E-state index contributed by atoms with van der Waals surface area (Å²) in [6.07, 6.45) is 2.99. The normalized spacial score (nSPS) is 11.1. The molecule has 0 unspecified atom stereocenters. The molecule has 0 amide bonds. The first-order chi connectivity index (χ1) is 9.79. The Bertz CT molecular complexity index is 806. The van der Waals surface area contributed by atoms with Crippen LogP contribution in [0.25, 0.3) is 0 Å². The van der Waals surface area contributed by atoms with Gasteiger partial charge in [0.05, 0.1) is 22.3 Å². The van der Waals surface area contributed by atoms with E-state index in [1.165, 1.54) is 18.3 Å². The number of rotatable bonds is 4. The van der Waals surface area contributed by atoms with Gasteiger partial charge in [-0.25, -0.2) is 13.2 Å². The number of nitrogens with zero attached hydrogens (tertiary/aromatic N) is 1. The first kappa shape index (κ1) is 15.7. The van der Waals surface area contributed by atoms with Crippen molar-refractivity contribution in [3.63, 3.8) is 0 Å². The highest BCUT2D eigenvalue weighted by molar-refractivity contribution is 14.1. The highest BCUT2D eigenvalue weighted by Crippen LogP contribution is 2.20. The summed E-state index contributed by atoms with van der Waals surface area (Å²) in [5.74, 6) is -1.17. The zero-order valence-corrected chi connectivity index (χ0v) is 13.8. The number of carboxylic acids is 1. The van der Waals surface area contributed by atoms with Crippen LogP contribution in [-0.4, -0.2) is 24.5 Å². The number of aromatic nitrogens is 1. The lowest BCUT2D eigenvalue weighted by molar-refractivity contribution is 0.0695. The van der Waals surface area contributed by atoms with Crippen molar-refractivity contribution in [2.75, 3.05) is 4.72 Å². The van der Waals surface area contributed by atoms with E-state index in [2.05, 4.69) is 9.71 Å². The molecule has 0 aliphatic heterocycles. The third kappa shape index (κ3) is 3.70. The predicted octanol–water partition coefficient (Wildman–Crippen LogP) is 2.49. The maximum absolute atomic E-state index is 12.3. The van der Waals surface area contributed by atoms with Crippen LogP contribution < -0.4 is 4.72 Å². The van der Waals surface area contributed by atoms with Crippen molar-refractivity contribution >= 4 is 44.3 Å². The van der Waals surface area contributed by atoms with Gasteiger partial charge in [0.1, 0.15) is 0 Å². The Balaban J connectivity index is 2.40. The molecular formula is C13H11IN2O4S. The highest BCUT2D eigenvalue weighted by Gasteiger charge is 2.18. The zero-order chi connectivity index (χ0) is 15.6.